The molecule has 0 bridgehead atoms. The van der Waals surface area contributed by atoms with E-state index < -0.39 is 0 Å². The van der Waals surface area contributed by atoms with Crippen molar-refractivity contribution < 1.29 is 17.3 Å². The van der Waals surface area contributed by atoms with Crippen molar-refractivity contribution in [2.24, 2.45) is 0 Å². The normalized spacial score (nSPS) is 10.1. The molecule has 0 atom stereocenters. The minimum Gasteiger partial charge on any atom is -1.00 e. The van der Waals surface area contributed by atoms with E-state index in [1.54, 1.807) is 0 Å². The summed E-state index contributed by atoms with van der Waals surface area (Å²) in [7, 11) is 4.30. The van der Waals surface area contributed by atoms with Gasteiger partial charge in [-0.1, -0.05) is 12.2 Å². The van der Waals surface area contributed by atoms with Gasteiger partial charge in [-0.15, -0.1) is 6.58 Å². The third-order valence-electron chi connectivity index (χ3n) is 1.23. The second-order valence-corrected chi connectivity index (χ2v) is 2.75. The number of quaternary nitrogens is 1. The highest BCUT2D eigenvalue weighted by Gasteiger charge is 1.83. The topological polar surface area (TPSA) is 4.44 Å². The molecular formula is C9H18ClN. The van der Waals surface area contributed by atoms with E-state index >= 15 is 0 Å². The smallest absolute Gasteiger partial charge is 0.0953 e. The lowest BCUT2D eigenvalue weighted by Gasteiger charge is -2.00. The highest BCUT2D eigenvalue weighted by Crippen LogP contribution is 1.88. The van der Waals surface area contributed by atoms with Crippen molar-refractivity contribution in [1.82, 2.24) is 0 Å². The Kier molecular flexibility index (Phi) is 11.8. The van der Waals surface area contributed by atoms with E-state index in [0.717, 1.165) is 19.4 Å². The first-order chi connectivity index (χ1) is 4.77. The molecule has 0 rings (SSSR count). The molecule has 0 aliphatic heterocycles. The Morgan fingerprint density at radius 1 is 1.18 bits per heavy atom. The average Bonchev–Trinajstić information content (AvgIpc) is 1.87. The van der Waals surface area contributed by atoms with Crippen LogP contribution in [-0.4, -0.2) is 20.6 Å². The summed E-state index contributed by atoms with van der Waals surface area (Å²) in [6.07, 6.45) is 8.62. The van der Waals surface area contributed by atoms with Gasteiger partial charge < -0.3 is 17.3 Å². The maximum Gasteiger partial charge on any atom is 0.0953 e. The van der Waals surface area contributed by atoms with Crippen LogP contribution in [0.5, 0.6) is 0 Å². The summed E-state index contributed by atoms with van der Waals surface area (Å²) >= 11 is 0. The fraction of sp³-hybridized carbons (Fsp3) is 0.556. The lowest BCUT2D eigenvalue weighted by molar-refractivity contribution is -0.851. The summed E-state index contributed by atoms with van der Waals surface area (Å²) in [5.74, 6) is 0. The fourth-order valence-electron chi connectivity index (χ4n) is 0.651. The first kappa shape index (κ1) is 13.3. The van der Waals surface area contributed by atoms with Crippen LogP contribution >= 0.6 is 0 Å². The summed E-state index contributed by atoms with van der Waals surface area (Å²) < 4.78 is 0. The molecular weight excluding hydrogens is 158 g/mol. The summed E-state index contributed by atoms with van der Waals surface area (Å²) in [5, 5.41) is 0. The van der Waals surface area contributed by atoms with Gasteiger partial charge in [0.1, 0.15) is 0 Å². The van der Waals surface area contributed by atoms with Crippen molar-refractivity contribution >= 4 is 0 Å². The van der Waals surface area contributed by atoms with Crippen molar-refractivity contribution in [2.75, 3.05) is 20.6 Å². The molecule has 0 spiro atoms. The second-order valence-electron chi connectivity index (χ2n) is 2.75. The summed E-state index contributed by atoms with van der Waals surface area (Å²) in [6, 6.07) is 0. The first-order valence-electron chi connectivity index (χ1n) is 3.82. The molecule has 0 unspecified atom stereocenters. The summed E-state index contributed by atoms with van der Waals surface area (Å²) in [5.41, 5.74) is 0. The number of unbranched alkanes of at least 4 members (excludes halogenated alkanes) is 1. The Hall–Kier alpha value is -0.270. The predicted molar refractivity (Wildman–Crippen MR) is 46.2 cm³/mol. The van der Waals surface area contributed by atoms with Gasteiger partial charge in [-0.25, -0.2) is 0 Å². The third-order valence-corrected chi connectivity index (χ3v) is 1.23. The van der Waals surface area contributed by atoms with Crippen LogP contribution in [0.2, 0.25) is 0 Å². The van der Waals surface area contributed by atoms with Gasteiger partial charge in [0.2, 0.25) is 0 Å². The highest BCUT2D eigenvalue weighted by atomic mass is 35.5. The number of likely N-dealkylation sites (N-methyl/N-ethyl adjacent to an activating group) is 1. The average molecular weight is 176 g/mol. The number of hydrogen-bond acceptors (Lipinski definition) is 0. The lowest BCUT2D eigenvalue weighted by Crippen LogP contribution is -3.05. The van der Waals surface area contributed by atoms with Crippen molar-refractivity contribution in [1.29, 1.82) is 0 Å². The maximum absolute atomic E-state index is 3.65. The van der Waals surface area contributed by atoms with Crippen LogP contribution in [0.15, 0.2) is 24.8 Å². The van der Waals surface area contributed by atoms with Crippen molar-refractivity contribution in [2.45, 2.75) is 12.8 Å². The number of halogens is 1. The molecule has 0 saturated carbocycles. The van der Waals surface area contributed by atoms with Crippen LogP contribution in [-0.2, 0) is 0 Å². The minimum absolute atomic E-state index is 0. The van der Waals surface area contributed by atoms with Crippen molar-refractivity contribution in [3.63, 3.8) is 0 Å². The molecule has 0 radical (unpaired) electrons. The van der Waals surface area contributed by atoms with E-state index in [1.165, 1.54) is 4.90 Å². The zero-order valence-corrected chi connectivity index (χ0v) is 8.19. The van der Waals surface area contributed by atoms with Crippen LogP contribution in [0.3, 0.4) is 0 Å². The third kappa shape index (κ3) is 12.8. The Morgan fingerprint density at radius 3 is 2.27 bits per heavy atom. The van der Waals surface area contributed by atoms with Gasteiger partial charge in [-0.2, -0.15) is 0 Å². The summed E-state index contributed by atoms with van der Waals surface area (Å²) in [4.78, 5) is 1.47. The molecule has 0 aromatic heterocycles. The molecule has 0 aromatic rings. The Morgan fingerprint density at radius 2 is 1.82 bits per heavy atom. The molecule has 1 nitrogen and oxygen atoms in total. The van der Waals surface area contributed by atoms with Gasteiger partial charge in [0.25, 0.3) is 0 Å². The van der Waals surface area contributed by atoms with Crippen LogP contribution in [0.1, 0.15) is 12.8 Å². The van der Waals surface area contributed by atoms with Gasteiger partial charge in [-0.05, 0) is 18.9 Å². The number of nitrogens with one attached hydrogen (secondary N) is 1. The molecule has 0 amide bonds. The van der Waals surface area contributed by atoms with Gasteiger partial charge in [0.15, 0.2) is 0 Å². The molecule has 0 aromatic carbocycles. The highest BCUT2D eigenvalue weighted by molar-refractivity contribution is 4.83. The molecule has 0 aliphatic rings. The van der Waals surface area contributed by atoms with Crippen molar-refractivity contribution in [3.8, 4) is 0 Å². The fourth-order valence-corrected chi connectivity index (χ4v) is 0.651. The molecule has 0 aliphatic carbocycles. The van der Waals surface area contributed by atoms with Gasteiger partial charge in [0, 0.05) is 0 Å². The SMILES string of the molecule is C=CCCC=CC[NH+](C)C.[Cl-]. The molecule has 66 valence electrons. The van der Waals surface area contributed by atoms with E-state index in [9.17, 15) is 0 Å². The Labute approximate surface area is 76.2 Å². The second kappa shape index (κ2) is 9.73. The van der Waals surface area contributed by atoms with E-state index in [2.05, 4.69) is 32.8 Å². The van der Waals surface area contributed by atoms with Crippen LogP contribution in [0.25, 0.3) is 0 Å². The number of hydrogen-bond donors (Lipinski definition) is 1. The summed E-state index contributed by atoms with van der Waals surface area (Å²) in [6.45, 7) is 4.78. The van der Waals surface area contributed by atoms with Crippen molar-refractivity contribution in [3.05, 3.63) is 24.8 Å². The van der Waals surface area contributed by atoms with Crippen LogP contribution in [0.4, 0.5) is 0 Å². The van der Waals surface area contributed by atoms with Crippen LogP contribution in [0, 0.1) is 0 Å². The van der Waals surface area contributed by atoms with Gasteiger partial charge in [-0.3, -0.25) is 0 Å². The molecule has 0 heterocycles. The van der Waals surface area contributed by atoms with Gasteiger partial charge in [0.05, 0.1) is 20.6 Å². The zero-order valence-electron chi connectivity index (χ0n) is 7.44. The zero-order chi connectivity index (χ0) is 7.82. The van der Waals surface area contributed by atoms with Gasteiger partial charge >= 0.3 is 0 Å². The predicted octanol–water partition coefficient (Wildman–Crippen LogP) is -2.34. The first-order valence-corrected chi connectivity index (χ1v) is 3.82. The number of rotatable bonds is 5. The van der Waals surface area contributed by atoms with Crippen LogP contribution < -0.4 is 17.3 Å². The number of allylic oxidation sites excluding steroid dienone is 2. The minimum atomic E-state index is 0. The van der Waals surface area contributed by atoms with E-state index in [-0.39, 0.29) is 12.4 Å². The molecule has 11 heavy (non-hydrogen) atoms. The van der Waals surface area contributed by atoms with E-state index in [4.69, 9.17) is 0 Å². The standard InChI is InChI=1S/C9H17N.ClH/c1-4-5-6-7-8-9-10(2)3;/h4,7-8H,1,5-6,9H2,2-3H3;1H. The Balaban J connectivity index is 0. The Bertz CT molecular complexity index is 108. The molecule has 0 saturated heterocycles. The lowest BCUT2D eigenvalue weighted by atomic mass is 10.3. The van der Waals surface area contributed by atoms with E-state index in [1.807, 2.05) is 6.08 Å². The molecule has 1 N–H and O–H groups in total. The molecule has 0 fully saturated rings. The van der Waals surface area contributed by atoms with E-state index in [0.29, 0.717) is 0 Å². The quantitative estimate of drug-likeness (QED) is 0.353. The largest absolute Gasteiger partial charge is 1.00 e. The molecule has 2 heteroatoms. The maximum atomic E-state index is 3.65. The monoisotopic (exact) mass is 175 g/mol.